The smallest absolute Gasteiger partial charge is 0.466 e. The second-order valence-corrected chi connectivity index (χ2v) is 13.0. The summed E-state index contributed by atoms with van der Waals surface area (Å²) in [5.41, 5.74) is 11.8. The quantitative estimate of drug-likeness (QED) is 0.240. The Bertz CT molecular complexity index is 1660. The molecule has 1 amide bonds. The molecule has 10 heteroatoms. The van der Waals surface area contributed by atoms with Crippen molar-refractivity contribution in [2.24, 2.45) is 0 Å². The molecule has 3 aliphatic heterocycles. The summed E-state index contributed by atoms with van der Waals surface area (Å²) in [6.07, 6.45) is 5.05. The van der Waals surface area contributed by atoms with Gasteiger partial charge in [0.15, 0.2) is 0 Å². The number of benzene rings is 3. The number of carbonyl (C=O) groups excluding carboxylic acids is 2. The Morgan fingerprint density at radius 2 is 1.85 bits per heavy atom. The molecule has 0 bridgehead atoms. The van der Waals surface area contributed by atoms with E-state index in [9.17, 15) is 9.59 Å². The molecule has 2 atom stereocenters. The number of methoxy groups -OCH3 is 1. The number of esters is 1. The maximum absolute atomic E-state index is 13.3. The zero-order valence-electron chi connectivity index (χ0n) is 27.6. The summed E-state index contributed by atoms with van der Waals surface area (Å²) in [7, 11) is 0.817. The molecular formula is C36H43BN4O5. The van der Waals surface area contributed by atoms with Gasteiger partial charge in [-0.3, -0.25) is 9.91 Å². The van der Waals surface area contributed by atoms with E-state index >= 15 is 0 Å². The summed E-state index contributed by atoms with van der Waals surface area (Å²) >= 11 is 0. The van der Waals surface area contributed by atoms with Crippen LogP contribution in [-0.2, 0) is 31.8 Å². The lowest BCUT2D eigenvalue weighted by Gasteiger charge is -2.42. The fourth-order valence-electron chi connectivity index (χ4n) is 6.64. The first kappa shape index (κ1) is 31.9. The first-order valence-electron chi connectivity index (χ1n) is 16.1. The lowest BCUT2D eigenvalue weighted by atomic mass is 9.77. The molecule has 0 radical (unpaired) electrons. The molecule has 3 aromatic rings. The van der Waals surface area contributed by atoms with E-state index in [1.54, 1.807) is 6.08 Å². The monoisotopic (exact) mass is 622 g/mol. The van der Waals surface area contributed by atoms with Crippen LogP contribution in [0.3, 0.4) is 0 Å². The number of hydrogen-bond acceptors (Lipinski definition) is 6. The topological polar surface area (TPSA) is 86.9 Å². The van der Waals surface area contributed by atoms with Crippen molar-refractivity contribution in [1.29, 1.82) is 0 Å². The zero-order chi connectivity index (χ0) is 32.6. The maximum Gasteiger partial charge on any atom is 0.495 e. The van der Waals surface area contributed by atoms with Crippen LogP contribution in [0, 0.1) is 6.92 Å². The average Bonchev–Trinajstić information content (AvgIpc) is 3.41. The van der Waals surface area contributed by atoms with Crippen molar-refractivity contribution in [2.75, 3.05) is 31.8 Å². The Labute approximate surface area is 272 Å². The van der Waals surface area contributed by atoms with Gasteiger partial charge < -0.3 is 24.4 Å². The molecule has 6 rings (SSSR count). The van der Waals surface area contributed by atoms with Gasteiger partial charge in [0.25, 0.3) is 5.91 Å². The number of amides is 1. The predicted molar refractivity (Wildman–Crippen MR) is 180 cm³/mol. The van der Waals surface area contributed by atoms with Gasteiger partial charge in [0.2, 0.25) is 0 Å². The van der Waals surface area contributed by atoms with Crippen LogP contribution in [0.1, 0.15) is 66.7 Å². The van der Waals surface area contributed by atoms with E-state index in [1.165, 1.54) is 18.7 Å². The van der Waals surface area contributed by atoms with Crippen molar-refractivity contribution in [1.82, 2.24) is 4.90 Å². The van der Waals surface area contributed by atoms with E-state index in [0.29, 0.717) is 18.7 Å². The van der Waals surface area contributed by atoms with Gasteiger partial charge in [-0.1, -0.05) is 53.7 Å². The zero-order valence-corrected chi connectivity index (χ0v) is 27.6. The lowest BCUT2D eigenvalue weighted by molar-refractivity contribution is -0.870. The van der Waals surface area contributed by atoms with Crippen LogP contribution < -0.4 is 15.6 Å². The van der Waals surface area contributed by atoms with E-state index in [4.69, 9.17) is 19.5 Å². The molecule has 0 saturated carbocycles. The largest absolute Gasteiger partial charge is 0.495 e. The molecule has 0 aromatic heterocycles. The molecule has 1 N–H and O–H groups in total. The lowest BCUT2D eigenvalue weighted by Crippen LogP contribution is -3.16. The fourth-order valence-corrected chi connectivity index (χ4v) is 6.64. The first-order valence-corrected chi connectivity index (χ1v) is 16.1. The average molecular weight is 623 g/mol. The van der Waals surface area contributed by atoms with Crippen LogP contribution in [0.15, 0.2) is 66.7 Å². The summed E-state index contributed by atoms with van der Waals surface area (Å²) in [5.74, 6) is -0.337. The molecule has 0 aliphatic carbocycles. The number of rotatable bonds is 7. The second kappa shape index (κ2) is 12.6. The highest BCUT2D eigenvalue weighted by Crippen LogP contribution is 2.41. The number of ether oxygens (including phenoxy) is 1. The Balaban J connectivity index is 1.21. The van der Waals surface area contributed by atoms with Gasteiger partial charge >= 0.3 is 13.1 Å². The number of quaternary nitrogens is 1. The fraction of sp³-hybridized carbons (Fsp3) is 0.389. The minimum Gasteiger partial charge on any atom is -0.466 e. The molecule has 3 heterocycles. The van der Waals surface area contributed by atoms with Gasteiger partial charge in [-0.2, -0.15) is 0 Å². The van der Waals surface area contributed by atoms with Gasteiger partial charge in [-0.25, -0.2) is 9.80 Å². The van der Waals surface area contributed by atoms with E-state index in [2.05, 4.69) is 57.0 Å². The van der Waals surface area contributed by atoms with Gasteiger partial charge in [-0.05, 0) is 93.9 Å². The molecule has 46 heavy (non-hydrogen) atoms. The highest BCUT2D eigenvalue weighted by molar-refractivity contribution is 6.62. The number of anilines is 1. The summed E-state index contributed by atoms with van der Waals surface area (Å²) in [6.45, 7) is 13.0. The molecule has 0 spiro atoms. The molecule has 2 unspecified atom stereocenters. The third kappa shape index (κ3) is 5.93. The van der Waals surface area contributed by atoms with Crippen molar-refractivity contribution in [3.8, 4) is 0 Å². The molecule has 1 fully saturated rings. The van der Waals surface area contributed by atoms with Crippen LogP contribution in [-0.4, -0.2) is 61.8 Å². The SMILES string of the molecule is CCN1c2ccc(/C=C/C(=O)OC)c(C)c2[N-][NH+]1CC1(C)OB(c2ccc3c(c2)CN(C(=O)c2ccccc2)CCC3)OC1(C)C. The highest BCUT2D eigenvalue weighted by atomic mass is 16.7. The Hall–Kier alpha value is -4.12. The number of aryl methyl sites for hydroxylation is 1. The molecule has 3 aliphatic rings. The number of fused-ring (bicyclic) bond motifs is 2. The van der Waals surface area contributed by atoms with E-state index in [1.807, 2.05) is 48.2 Å². The summed E-state index contributed by atoms with van der Waals surface area (Å²) in [4.78, 5) is 27.0. The molecule has 1 saturated heterocycles. The number of hydrogen-bond donors (Lipinski definition) is 1. The minimum atomic E-state index is -0.671. The number of nitrogens with zero attached hydrogens (tertiary/aromatic N) is 3. The predicted octanol–water partition coefficient (Wildman–Crippen LogP) is 4.31. The van der Waals surface area contributed by atoms with E-state index in [0.717, 1.165) is 64.6 Å². The molecule has 9 nitrogen and oxygen atoms in total. The summed E-state index contributed by atoms with van der Waals surface area (Å²) < 4.78 is 18.2. The van der Waals surface area contributed by atoms with Crippen LogP contribution in [0.5, 0.6) is 0 Å². The van der Waals surface area contributed by atoms with Crippen molar-refractivity contribution in [3.05, 3.63) is 100.0 Å². The third-order valence-corrected chi connectivity index (χ3v) is 9.79. The molecular weight excluding hydrogens is 579 g/mol. The normalized spacial score (nSPS) is 22.0. The van der Waals surface area contributed by atoms with Crippen molar-refractivity contribution < 1.29 is 28.8 Å². The Morgan fingerprint density at radius 1 is 1.07 bits per heavy atom. The van der Waals surface area contributed by atoms with Gasteiger partial charge in [0.1, 0.15) is 12.1 Å². The number of nitrogens with one attached hydrogen (secondary N) is 1. The standard InChI is InChI=1S/C36H43BN4O5/c1-7-40-31-19-16-26(17-20-32(42)44-6)25(2)33(31)38-41(40)24-36(5)35(3,4)45-37(46-36)30-18-15-27-14-11-21-39(23-29(27)22-30)34(43)28-12-9-8-10-13-28/h8-10,12-13,15-20,22,41H,7,11,14,21,23-24H2,1-6H3/b20-17+. The van der Waals surface area contributed by atoms with Crippen LogP contribution in [0.25, 0.3) is 11.5 Å². The Kier molecular flexibility index (Phi) is 8.71. The number of carbonyl (C=O) groups is 2. The van der Waals surface area contributed by atoms with Crippen LogP contribution in [0.4, 0.5) is 11.4 Å². The molecule has 3 aromatic carbocycles. The minimum absolute atomic E-state index is 0.0570. The van der Waals surface area contributed by atoms with Crippen LogP contribution >= 0.6 is 0 Å². The van der Waals surface area contributed by atoms with E-state index in [-0.39, 0.29) is 5.91 Å². The van der Waals surface area contributed by atoms with Crippen LogP contribution in [0.2, 0.25) is 0 Å². The second-order valence-electron chi connectivity index (χ2n) is 13.0. The molecule has 240 valence electrons. The van der Waals surface area contributed by atoms with Crippen molar-refractivity contribution >= 4 is 41.9 Å². The first-order chi connectivity index (χ1) is 22.0. The van der Waals surface area contributed by atoms with Crippen molar-refractivity contribution in [3.63, 3.8) is 0 Å². The van der Waals surface area contributed by atoms with E-state index < -0.39 is 24.3 Å². The maximum atomic E-state index is 13.3. The highest BCUT2D eigenvalue weighted by Gasteiger charge is 2.57. The van der Waals surface area contributed by atoms with Crippen molar-refractivity contribution in [2.45, 2.75) is 65.2 Å². The van der Waals surface area contributed by atoms with Gasteiger partial charge in [-0.15, -0.1) is 0 Å². The van der Waals surface area contributed by atoms with Gasteiger partial charge in [0, 0.05) is 24.7 Å². The summed E-state index contributed by atoms with van der Waals surface area (Å²) in [6, 6.07) is 20.0. The summed E-state index contributed by atoms with van der Waals surface area (Å²) in [5, 5.41) is 3.15. The third-order valence-electron chi connectivity index (χ3n) is 9.79. The Morgan fingerprint density at radius 3 is 2.59 bits per heavy atom. The van der Waals surface area contributed by atoms with Gasteiger partial charge in [0.05, 0.1) is 24.9 Å².